The second-order valence-electron chi connectivity index (χ2n) is 7.04. The summed E-state index contributed by atoms with van der Waals surface area (Å²) in [6.45, 7) is 3.48. The lowest BCUT2D eigenvalue weighted by molar-refractivity contribution is -0.384. The van der Waals surface area contributed by atoms with E-state index in [0.29, 0.717) is 17.0 Å². The van der Waals surface area contributed by atoms with Crippen LogP contribution >= 0.6 is 11.8 Å². The summed E-state index contributed by atoms with van der Waals surface area (Å²) >= 11 is 1.38. The Morgan fingerprint density at radius 2 is 2.03 bits per heavy atom. The highest BCUT2D eigenvalue weighted by molar-refractivity contribution is 8.00. The minimum atomic E-state index is -0.913. The maximum atomic E-state index is 12.9. The van der Waals surface area contributed by atoms with E-state index in [1.54, 1.807) is 24.8 Å². The maximum absolute atomic E-state index is 12.9. The molecule has 0 saturated carbocycles. The van der Waals surface area contributed by atoms with Crippen molar-refractivity contribution in [2.75, 3.05) is 20.0 Å². The molecule has 0 radical (unpaired) electrons. The normalized spacial score (nSPS) is 28.7. The Hall–Kier alpha value is -2.59. The van der Waals surface area contributed by atoms with Crippen molar-refractivity contribution in [1.29, 1.82) is 0 Å². The first-order valence-electron chi connectivity index (χ1n) is 8.90. The molecule has 2 heterocycles. The van der Waals surface area contributed by atoms with Gasteiger partial charge in [0.15, 0.2) is 0 Å². The van der Waals surface area contributed by atoms with E-state index in [9.17, 15) is 24.8 Å². The summed E-state index contributed by atoms with van der Waals surface area (Å²) in [5, 5.41) is 21.9. The number of hydrogen-bond acceptors (Lipinski definition) is 9. The van der Waals surface area contributed by atoms with Gasteiger partial charge < -0.3 is 19.5 Å². The van der Waals surface area contributed by atoms with Gasteiger partial charge in [-0.05, 0) is 19.4 Å². The van der Waals surface area contributed by atoms with Gasteiger partial charge in [-0.1, -0.05) is 12.1 Å². The first-order chi connectivity index (χ1) is 13.7. The molecule has 9 nitrogen and oxygen atoms in total. The summed E-state index contributed by atoms with van der Waals surface area (Å²) in [6.07, 6.45) is -0.900. The Morgan fingerprint density at radius 3 is 2.62 bits per heavy atom. The van der Waals surface area contributed by atoms with E-state index in [1.807, 2.05) is 0 Å². The van der Waals surface area contributed by atoms with Crippen LogP contribution in [0.3, 0.4) is 0 Å². The molecule has 29 heavy (non-hydrogen) atoms. The van der Waals surface area contributed by atoms with Gasteiger partial charge in [0, 0.05) is 29.5 Å². The predicted octanol–water partition coefficient (Wildman–Crippen LogP) is 2.01. The van der Waals surface area contributed by atoms with Crippen molar-refractivity contribution in [2.24, 2.45) is 5.92 Å². The molecular formula is C19H22N2O7S. The molecule has 4 atom stereocenters. The molecule has 1 saturated heterocycles. The third-order valence-corrected chi connectivity index (χ3v) is 7.07. The zero-order valence-corrected chi connectivity index (χ0v) is 17.3. The van der Waals surface area contributed by atoms with Crippen molar-refractivity contribution in [3.8, 4) is 0 Å². The van der Waals surface area contributed by atoms with Crippen molar-refractivity contribution >= 4 is 29.4 Å². The Bertz CT molecular complexity index is 902. The molecule has 0 amide bonds. The van der Waals surface area contributed by atoms with E-state index in [1.165, 1.54) is 44.2 Å². The van der Waals surface area contributed by atoms with Crippen molar-refractivity contribution in [1.82, 2.24) is 4.90 Å². The highest BCUT2D eigenvalue weighted by atomic mass is 32.2. The number of thioether (sulfide) groups is 1. The monoisotopic (exact) mass is 422 g/mol. The Labute approximate surface area is 171 Å². The molecule has 1 unspecified atom stereocenters. The van der Waals surface area contributed by atoms with Crippen LogP contribution in [0.5, 0.6) is 0 Å². The van der Waals surface area contributed by atoms with Crippen LogP contribution in [0.25, 0.3) is 0 Å². The van der Waals surface area contributed by atoms with Crippen LogP contribution in [-0.4, -0.2) is 57.9 Å². The molecule has 1 N–H and O–H groups in total. The van der Waals surface area contributed by atoms with E-state index in [0.717, 1.165) is 0 Å². The van der Waals surface area contributed by atoms with Gasteiger partial charge in [-0.15, -0.1) is 11.8 Å². The summed E-state index contributed by atoms with van der Waals surface area (Å²) in [5.41, 5.74) is 0.910. The molecule has 10 heteroatoms. The summed E-state index contributed by atoms with van der Waals surface area (Å²) in [5.74, 6) is -2.66. The molecular weight excluding hydrogens is 400 g/mol. The SMILES string of the molecule is COC(=O)C1=C(C)N2C(O)CS[C@@]2(C)[C@H](C(=O)OC)[C@H]1c1cccc([N+](=O)[O-])c1. The largest absolute Gasteiger partial charge is 0.469 e. The number of aliphatic hydroxyl groups is 1. The first-order valence-corrected chi connectivity index (χ1v) is 9.88. The minimum absolute atomic E-state index is 0.153. The first kappa shape index (κ1) is 21.1. The Kier molecular flexibility index (Phi) is 5.59. The van der Waals surface area contributed by atoms with E-state index >= 15 is 0 Å². The molecule has 0 bridgehead atoms. The number of hydrogen-bond donors (Lipinski definition) is 1. The number of carbonyl (C=O) groups excluding carboxylic acids is 2. The van der Waals surface area contributed by atoms with Gasteiger partial charge in [0.2, 0.25) is 0 Å². The summed E-state index contributed by atoms with van der Waals surface area (Å²) in [4.78, 5) is 37.2. The number of fused-ring (bicyclic) bond motifs is 1. The third kappa shape index (κ3) is 3.25. The van der Waals surface area contributed by atoms with Crippen molar-refractivity contribution in [3.05, 3.63) is 51.2 Å². The van der Waals surface area contributed by atoms with Crippen molar-refractivity contribution in [3.63, 3.8) is 0 Å². The highest BCUT2D eigenvalue weighted by Gasteiger charge is 2.60. The average molecular weight is 422 g/mol. The number of aliphatic hydroxyl groups excluding tert-OH is 1. The molecule has 2 aliphatic rings. The highest BCUT2D eigenvalue weighted by Crippen LogP contribution is 2.57. The fourth-order valence-electron chi connectivity index (χ4n) is 4.37. The van der Waals surface area contributed by atoms with Crippen LogP contribution in [0, 0.1) is 16.0 Å². The molecule has 1 fully saturated rings. The van der Waals surface area contributed by atoms with Crippen LogP contribution in [0.15, 0.2) is 35.5 Å². The average Bonchev–Trinajstić information content (AvgIpc) is 3.02. The van der Waals surface area contributed by atoms with E-state index in [-0.39, 0.29) is 11.3 Å². The number of rotatable bonds is 4. The smallest absolute Gasteiger partial charge is 0.336 e. The molecule has 0 spiro atoms. The number of allylic oxidation sites excluding steroid dienone is 1. The third-order valence-electron chi connectivity index (χ3n) is 5.57. The lowest BCUT2D eigenvalue weighted by Crippen LogP contribution is -2.57. The quantitative estimate of drug-likeness (QED) is 0.441. The Balaban J connectivity index is 2.32. The lowest BCUT2D eigenvalue weighted by Gasteiger charge is -2.49. The zero-order chi connectivity index (χ0) is 21.5. The van der Waals surface area contributed by atoms with E-state index in [4.69, 9.17) is 9.47 Å². The van der Waals surface area contributed by atoms with Gasteiger partial charge in [-0.2, -0.15) is 0 Å². The molecule has 3 rings (SSSR count). The molecule has 0 aromatic heterocycles. The summed E-state index contributed by atoms with van der Waals surface area (Å²) in [7, 11) is 2.48. The molecule has 1 aromatic rings. The number of carbonyl (C=O) groups is 2. The van der Waals surface area contributed by atoms with E-state index in [2.05, 4.69) is 0 Å². The van der Waals surface area contributed by atoms with Gasteiger partial charge in [-0.3, -0.25) is 14.9 Å². The lowest BCUT2D eigenvalue weighted by atomic mass is 9.72. The molecule has 0 aliphatic carbocycles. The fraction of sp³-hybridized carbons (Fsp3) is 0.474. The second-order valence-corrected chi connectivity index (χ2v) is 8.49. The van der Waals surface area contributed by atoms with Crippen LogP contribution < -0.4 is 0 Å². The van der Waals surface area contributed by atoms with Gasteiger partial charge in [0.25, 0.3) is 5.69 Å². The second kappa shape index (κ2) is 7.68. The van der Waals surface area contributed by atoms with Gasteiger partial charge in [0.1, 0.15) is 12.1 Å². The summed E-state index contributed by atoms with van der Waals surface area (Å²) < 4.78 is 10.0. The van der Waals surface area contributed by atoms with Gasteiger partial charge in [-0.25, -0.2) is 4.79 Å². The number of non-ortho nitro benzene ring substituents is 1. The number of esters is 2. The van der Waals surface area contributed by atoms with Crippen LogP contribution in [0.2, 0.25) is 0 Å². The number of nitro benzene ring substituents is 1. The number of nitro groups is 1. The fourth-order valence-corrected chi connectivity index (χ4v) is 5.81. The zero-order valence-electron chi connectivity index (χ0n) is 16.4. The Morgan fingerprint density at radius 1 is 1.34 bits per heavy atom. The van der Waals surface area contributed by atoms with Crippen LogP contribution in [0.1, 0.15) is 25.3 Å². The van der Waals surface area contributed by atoms with Crippen molar-refractivity contribution < 1.29 is 29.1 Å². The number of benzene rings is 1. The number of nitrogens with zero attached hydrogens (tertiary/aromatic N) is 2. The van der Waals surface area contributed by atoms with Crippen molar-refractivity contribution in [2.45, 2.75) is 30.9 Å². The number of ether oxygens (including phenoxy) is 2. The summed E-state index contributed by atoms with van der Waals surface area (Å²) in [6, 6.07) is 5.85. The topological polar surface area (TPSA) is 119 Å². The number of methoxy groups -OCH3 is 2. The van der Waals surface area contributed by atoms with Crippen LogP contribution in [0.4, 0.5) is 5.69 Å². The predicted molar refractivity (Wildman–Crippen MR) is 105 cm³/mol. The van der Waals surface area contributed by atoms with Gasteiger partial charge in [0.05, 0.1) is 29.6 Å². The van der Waals surface area contributed by atoms with E-state index < -0.39 is 39.8 Å². The standard InChI is InChI=1S/C19H22N2O7S/c1-10-14(17(23)27-3)15(11-6-5-7-12(8-11)21(25)26)16(18(24)28-4)19(2)20(10)13(22)9-29-19/h5-8,13,15-16,22H,9H2,1-4H3/t13?,15-,16-,19-/m0/s1. The van der Waals surface area contributed by atoms with Gasteiger partial charge >= 0.3 is 11.9 Å². The van der Waals surface area contributed by atoms with Crippen LogP contribution in [-0.2, 0) is 19.1 Å². The molecule has 156 valence electrons. The maximum Gasteiger partial charge on any atom is 0.336 e. The molecule has 2 aliphatic heterocycles. The molecule has 1 aromatic carbocycles. The minimum Gasteiger partial charge on any atom is -0.469 e.